The van der Waals surface area contributed by atoms with Crippen molar-refractivity contribution in [3.8, 4) is 6.07 Å². The predicted molar refractivity (Wildman–Crippen MR) is 57.9 cm³/mol. The standard InChI is InChI=1S/C12H20N2O/c1-10-4-2-3-6-12(10)8-14(9-12)11(15)5-7-13/h10-11,15H,2-6,8-9H2,1H3/t10-,11?/m1/s1. The largest absolute Gasteiger partial charge is 0.377 e. The van der Waals surface area contributed by atoms with E-state index >= 15 is 0 Å². The van der Waals surface area contributed by atoms with Crippen molar-refractivity contribution in [1.82, 2.24) is 4.90 Å². The number of nitriles is 1. The van der Waals surface area contributed by atoms with Crippen molar-refractivity contribution in [3.63, 3.8) is 0 Å². The van der Waals surface area contributed by atoms with Crippen LogP contribution < -0.4 is 0 Å². The van der Waals surface area contributed by atoms with Gasteiger partial charge in [-0.05, 0) is 17.8 Å². The van der Waals surface area contributed by atoms with Crippen LogP contribution in [0.2, 0.25) is 0 Å². The molecule has 2 aliphatic rings. The highest BCUT2D eigenvalue weighted by atomic mass is 16.3. The summed E-state index contributed by atoms with van der Waals surface area (Å²) in [5.41, 5.74) is 0.467. The molecule has 1 heterocycles. The van der Waals surface area contributed by atoms with E-state index in [-0.39, 0.29) is 6.42 Å². The van der Waals surface area contributed by atoms with E-state index in [2.05, 4.69) is 6.92 Å². The summed E-state index contributed by atoms with van der Waals surface area (Å²) in [6, 6.07) is 2.03. The molecule has 0 aromatic heterocycles. The smallest absolute Gasteiger partial charge is 0.120 e. The third-order valence-corrected chi connectivity index (χ3v) is 4.34. The number of hydrogen-bond acceptors (Lipinski definition) is 3. The molecule has 1 aliphatic carbocycles. The molecule has 1 N–H and O–H groups in total. The third-order valence-electron chi connectivity index (χ3n) is 4.34. The Morgan fingerprint density at radius 1 is 1.53 bits per heavy atom. The molecule has 1 unspecified atom stereocenters. The van der Waals surface area contributed by atoms with Gasteiger partial charge in [-0.25, -0.2) is 0 Å². The number of aliphatic hydroxyl groups is 1. The lowest BCUT2D eigenvalue weighted by molar-refractivity contribution is -0.141. The van der Waals surface area contributed by atoms with E-state index in [9.17, 15) is 5.11 Å². The molecular formula is C12H20N2O. The van der Waals surface area contributed by atoms with Crippen LogP contribution in [-0.2, 0) is 0 Å². The molecular weight excluding hydrogens is 188 g/mol. The van der Waals surface area contributed by atoms with E-state index in [1.807, 2.05) is 11.0 Å². The maximum absolute atomic E-state index is 9.67. The van der Waals surface area contributed by atoms with Gasteiger partial charge in [0.15, 0.2) is 0 Å². The first-order chi connectivity index (χ1) is 7.18. The quantitative estimate of drug-likeness (QED) is 0.751. The van der Waals surface area contributed by atoms with Gasteiger partial charge in [0.25, 0.3) is 0 Å². The van der Waals surface area contributed by atoms with Crippen LogP contribution in [0.4, 0.5) is 0 Å². The van der Waals surface area contributed by atoms with Gasteiger partial charge in [-0.2, -0.15) is 5.26 Å². The van der Waals surface area contributed by atoms with Crippen LogP contribution in [0, 0.1) is 22.7 Å². The van der Waals surface area contributed by atoms with Crippen molar-refractivity contribution in [2.24, 2.45) is 11.3 Å². The average Bonchev–Trinajstić information content (AvgIpc) is 2.15. The molecule has 84 valence electrons. The summed E-state index contributed by atoms with van der Waals surface area (Å²) in [5, 5.41) is 18.2. The Morgan fingerprint density at radius 3 is 2.87 bits per heavy atom. The second-order valence-electron chi connectivity index (χ2n) is 5.26. The van der Waals surface area contributed by atoms with Crippen molar-refractivity contribution < 1.29 is 5.11 Å². The maximum Gasteiger partial charge on any atom is 0.120 e. The minimum atomic E-state index is -0.533. The van der Waals surface area contributed by atoms with Crippen molar-refractivity contribution >= 4 is 0 Å². The zero-order chi connectivity index (χ0) is 10.9. The van der Waals surface area contributed by atoms with E-state index in [0.717, 1.165) is 19.0 Å². The molecule has 2 atom stereocenters. The number of likely N-dealkylation sites (tertiary alicyclic amines) is 1. The van der Waals surface area contributed by atoms with Crippen molar-refractivity contribution in [3.05, 3.63) is 0 Å². The molecule has 1 saturated carbocycles. The number of rotatable bonds is 2. The summed E-state index contributed by atoms with van der Waals surface area (Å²) in [6.45, 7) is 4.33. The van der Waals surface area contributed by atoms with E-state index in [1.165, 1.54) is 25.7 Å². The highest BCUT2D eigenvalue weighted by molar-refractivity contribution is 5.01. The molecule has 3 heteroatoms. The van der Waals surface area contributed by atoms with Crippen LogP contribution in [-0.4, -0.2) is 29.3 Å². The molecule has 0 bridgehead atoms. The van der Waals surface area contributed by atoms with Gasteiger partial charge in [0.1, 0.15) is 6.23 Å². The van der Waals surface area contributed by atoms with Gasteiger partial charge in [0.2, 0.25) is 0 Å². The number of aliphatic hydroxyl groups excluding tert-OH is 1. The Balaban J connectivity index is 1.88. The molecule has 2 rings (SSSR count). The Morgan fingerprint density at radius 2 is 2.27 bits per heavy atom. The maximum atomic E-state index is 9.67. The monoisotopic (exact) mass is 208 g/mol. The topological polar surface area (TPSA) is 47.3 Å². The van der Waals surface area contributed by atoms with E-state index in [1.54, 1.807) is 0 Å². The SMILES string of the molecule is C[C@@H]1CCCCC12CN(C(O)CC#N)C2. The van der Waals surface area contributed by atoms with Gasteiger partial charge in [0, 0.05) is 13.1 Å². The third kappa shape index (κ3) is 1.89. The molecule has 15 heavy (non-hydrogen) atoms. The molecule has 2 fully saturated rings. The molecule has 0 aromatic rings. The van der Waals surface area contributed by atoms with E-state index < -0.39 is 6.23 Å². The summed E-state index contributed by atoms with van der Waals surface area (Å²) in [4.78, 5) is 2.05. The highest BCUT2D eigenvalue weighted by Gasteiger charge is 2.49. The molecule has 1 spiro atoms. The summed E-state index contributed by atoms with van der Waals surface area (Å²) < 4.78 is 0. The highest BCUT2D eigenvalue weighted by Crippen LogP contribution is 2.48. The Hall–Kier alpha value is -0.590. The van der Waals surface area contributed by atoms with Gasteiger partial charge in [-0.15, -0.1) is 0 Å². The first-order valence-corrected chi connectivity index (χ1v) is 5.97. The van der Waals surface area contributed by atoms with Gasteiger partial charge in [-0.3, -0.25) is 4.90 Å². The number of nitrogens with zero attached hydrogens (tertiary/aromatic N) is 2. The zero-order valence-corrected chi connectivity index (χ0v) is 9.45. The van der Waals surface area contributed by atoms with Gasteiger partial charge < -0.3 is 5.11 Å². The van der Waals surface area contributed by atoms with Gasteiger partial charge in [0.05, 0.1) is 12.5 Å². The van der Waals surface area contributed by atoms with E-state index in [4.69, 9.17) is 5.26 Å². The second-order valence-corrected chi connectivity index (χ2v) is 5.26. The second kappa shape index (κ2) is 4.11. The van der Waals surface area contributed by atoms with Crippen LogP contribution in [0.1, 0.15) is 39.0 Å². The Bertz CT molecular complexity index is 265. The lowest BCUT2D eigenvalue weighted by Gasteiger charge is -2.57. The average molecular weight is 208 g/mol. The fraction of sp³-hybridized carbons (Fsp3) is 0.917. The first-order valence-electron chi connectivity index (χ1n) is 5.97. The molecule has 0 radical (unpaired) electrons. The van der Waals surface area contributed by atoms with Crippen LogP contribution in [0.25, 0.3) is 0 Å². The van der Waals surface area contributed by atoms with Crippen LogP contribution >= 0.6 is 0 Å². The minimum Gasteiger partial charge on any atom is -0.377 e. The van der Waals surface area contributed by atoms with Crippen molar-refractivity contribution in [2.75, 3.05) is 13.1 Å². The lowest BCUT2D eigenvalue weighted by atomic mass is 9.62. The van der Waals surface area contributed by atoms with Crippen LogP contribution in [0.3, 0.4) is 0 Å². The van der Waals surface area contributed by atoms with E-state index in [0.29, 0.717) is 5.41 Å². The summed E-state index contributed by atoms with van der Waals surface area (Å²) in [7, 11) is 0. The normalized spacial score (nSPS) is 31.9. The summed E-state index contributed by atoms with van der Waals surface area (Å²) in [5.74, 6) is 0.789. The van der Waals surface area contributed by atoms with Crippen LogP contribution in [0.15, 0.2) is 0 Å². The molecule has 1 aliphatic heterocycles. The van der Waals surface area contributed by atoms with Crippen molar-refractivity contribution in [2.45, 2.75) is 45.3 Å². The Labute approximate surface area is 91.7 Å². The Kier molecular flexibility index (Phi) is 2.99. The van der Waals surface area contributed by atoms with Crippen LogP contribution in [0.5, 0.6) is 0 Å². The molecule has 3 nitrogen and oxygen atoms in total. The molecule has 1 saturated heterocycles. The van der Waals surface area contributed by atoms with Gasteiger partial charge >= 0.3 is 0 Å². The number of hydrogen-bond donors (Lipinski definition) is 1. The fourth-order valence-electron chi connectivity index (χ4n) is 3.13. The van der Waals surface area contributed by atoms with Gasteiger partial charge in [-0.1, -0.05) is 26.2 Å². The summed E-state index contributed by atoms with van der Waals surface area (Å²) >= 11 is 0. The lowest BCUT2D eigenvalue weighted by Crippen LogP contribution is -2.63. The first kappa shape index (κ1) is 10.9. The minimum absolute atomic E-state index is 0.241. The van der Waals surface area contributed by atoms with Crippen molar-refractivity contribution in [1.29, 1.82) is 5.26 Å². The predicted octanol–water partition coefficient (Wildman–Crippen LogP) is 1.73. The summed E-state index contributed by atoms with van der Waals surface area (Å²) in [6.07, 6.45) is 5.06. The molecule has 0 aromatic carbocycles. The fourth-order valence-corrected chi connectivity index (χ4v) is 3.13. The zero-order valence-electron chi connectivity index (χ0n) is 9.45. The molecule has 0 amide bonds.